The number of esters is 2. The van der Waals surface area contributed by atoms with Gasteiger partial charge in [-0.25, -0.2) is 9.59 Å². The topological polar surface area (TPSA) is 82.1 Å². The van der Waals surface area contributed by atoms with Gasteiger partial charge < -0.3 is 19.3 Å². The van der Waals surface area contributed by atoms with Gasteiger partial charge in [0.1, 0.15) is 17.8 Å². The average Bonchev–Trinajstić information content (AvgIpc) is 3.02. The Hall–Kier alpha value is -1.40. The van der Waals surface area contributed by atoms with Crippen LogP contribution < -0.4 is 0 Å². The molecule has 2 bridgehead atoms. The molecule has 144 valence electrons. The van der Waals surface area contributed by atoms with Gasteiger partial charge in [-0.2, -0.15) is 0 Å². The predicted octanol–water partition coefficient (Wildman–Crippen LogP) is 2.13. The Morgan fingerprint density at radius 3 is 2.69 bits per heavy atom. The van der Waals surface area contributed by atoms with Crippen LogP contribution in [0.3, 0.4) is 0 Å². The Morgan fingerprint density at radius 2 is 2.04 bits per heavy atom. The molecule has 6 nitrogen and oxygen atoms in total. The van der Waals surface area contributed by atoms with E-state index in [9.17, 15) is 14.7 Å². The molecule has 0 aromatic carbocycles. The van der Waals surface area contributed by atoms with Gasteiger partial charge in [0.25, 0.3) is 0 Å². The van der Waals surface area contributed by atoms with Gasteiger partial charge in [0.2, 0.25) is 0 Å². The monoisotopic (exact) mass is 364 g/mol. The third-order valence-electron chi connectivity index (χ3n) is 7.42. The maximum absolute atomic E-state index is 12.5. The molecule has 0 unspecified atom stereocenters. The number of ether oxygens (including phenoxy) is 3. The van der Waals surface area contributed by atoms with Crippen molar-refractivity contribution in [2.75, 3.05) is 0 Å². The lowest BCUT2D eigenvalue weighted by molar-refractivity contribution is -0.209. The molecule has 2 saturated carbocycles. The van der Waals surface area contributed by atoms with Crippen LogP contribution in [0.15, 0.2) is 11.6 Å². The van der Waals surface area contributed by atoms with E-state index in [1.54, 1.807) is 33.8 Å². The maximum atomic E-state index is 12.5. The van der Waals surface area contributed by atoms with Crippen LogP contribution >= 0.6 is 0 Å². The molecule has 0 aromatic rings. The molecule has 26 heavy (non-hydrogen) atoms. The molecule has 1 N–H and O–H groups in total. The molecule has 1 spiro atoms. The van der Waals surface area contributed by atoms with E-state index >= 15 is 0 Å². The number of rotatable bonds is 2. The molecule has 4 fully saturated rings. The second-order valence-corrected chi connectivity index (χ2v) is 8.99. The molecule has 2 saturated heterocycles. The van der Waals surface area contributed by atoms with Gasteiger partial charge in [-0.05, 0) is 46.5 Å². The van der Waals surface area contributed by atoms with Gasteiger partial charge in [0.05, 0.1) is 5.60 Å². The zero-order valence-electron chi connectivity index (χ0n) is 16.1. The van der Waals surface area contributed by atoms with Crippen LogP contribution in [0.2, 0.25) is 0 Å². The van der Waals surface area contributed by atoms with Gasteiger partial charge in [-0.3, -0.25) is 0 Å². The van der Waals surface area contributed by atoms with Crippen molar-refractivity contribution in [2.45, 2.75) is 82.9 Å². The Kier molecular flexibility index (Phi) is 3.68. The lowest BCUT2D eigenvalue weighted by Gasteiger charge is -2.43. The third-order valence-corrected chi connectivity index (χ3v) is 7.42. The maximum Gasteiger partial charge on any atom is 0.338 e. The van der Waals surface area contributed by atoms with E-state index in [0.29, 0.717) is 24.8 Å². The fraction of sp³-hybridized carbons (Fsp3) is 0.800. The standard InChI is InChI=1S/C20H28O6/c1-6-10(2)16(21)24-14-9-18(4,23)20-8-12-13(7-11(3)15(14)20)25-17(22)19(12,5)26-20/h6,11-15,23H,7-9H2,1-5H3/b10-6-/t11-,12+,13-,14+,15-,18-,19+,20-/m1/s1. The highest BCUT2D eigenvalue weighted by atomic mass is 16.6. The van der Waals surface area contributed by atoms with Crippen LogP contribution in [0.1, 0.15) is 53.9 Å². The summed E-state index contributed by atoms with van der Waals surface area (Å²) in [6.45, 7) is 9.12. The summed E-state index contributed by atoms with van der Waals surface area (Å²) in [6.07, 6.45) is 2.65. The molecule has 0 aromatic heterocycles. The van der Waals surface area contributed by atoms with Crippen LogP contribution in [0.4, 0.5) is 0 Å². The Morgan fingerprint density at radius 1 is 1.35 bits per heavy atom. The molecule has 0 radical (unpaired) electrons. The molecule has 4 aliphatic rings. The van der Waals surface area contributed by atoms with Crippen molar-refractivity contribution in [3.8, 4) is 0 Å². The fourth-order valence-corrected chi connectivity index (χ4v) is 5.93. The van der Waals surface area contributed by atoms with E-state index in [4.69, 9.17) is 14.2 Å². The number of carbonyl (C=O) groups excluding carboxylic acids is 2. The summed E-state index contributed by atoms with van der Waals surface area (Å²) >= 11 is 0. The second kappa shape index (κ2) is 5.32. The predicted molar refractivity (Wildman–Crippen MR) is 92.0 cm³/mol. The second-order valence-electron chi connectivity index (χ2n) is 8.99. The van der Waals surface area contributed by atoms with Gasteiger partial charge in [-0.15, -0.1) is 0 Å². The molecule has 4 rings (SSSR count). The Bertz CT molecular complexity index is 696. The van der Waals surface area contributed by atoms with Crippen molar-refractivity contribution in [3.63, 3.8) is 0 Å². The molecular weight excluding hydrogens is 336 g/mol. The summed E-state index contributed by atoms with van der Waals surface area (Å²) in [4.78, 5) is 24.9. The van der Waals surface area contributed by atoms with Crippen LogP contribution in [-0.2, 0) is 23.8 Å². The quantitative estimate of drug-likeness (QED) is 0.597. The van der Waals surface area contributed by atoms with Crippen LogP contribution in [0.5, 0.6) is 0 Å². The van der Waals surface area contributed by atoms with E-state index in [2.05, 4.69) is 6.92 Å². The highest BCUT2D eigenvalue weighted by Gasteiger charge is 2.77. The summed E-state index contributed by atoms with van der Waals surface area (Å²) < 4.78 is 17.8. The highest BCUT2D eigenvalue weighted by Crippen LogP contribution is 2.65. The first-order chi connectivity index (χ1) is 12.1. The number of allylic oxidation sites excluding steroid dienone is 1. The molecule has 2 aliphatic carbocycles. The van der Waals surface area contributed by atoms with Gasteiger partial charge in [0.15, 0.2) is 5.60 Å². The SMILES string of the molecule is C/C=C(/C)C(=O)O[C@H]1C[C@@](C)(O)[C@@]23C[C@H]4[C@@H](C[C@@H](C)[C@H]12)OC(=O)[C@@]4(C)O3. The first-order valence-electron chi connectivity index (χ1n) is 9.53. The van der Waals surface area contributed by atoms with E-state index in [1.807, 2.05) is 0 Å². The van der Waals surface area contributed by atoms with E-state index in [0.717, 1.165) is 0 Å². The third kappa shape index (κ3) is 2.06. The molecule has 2 heterocycles. The minimum absolute atomic E-state index is 0.0688. The van der Waals surface area contributed by atoms with Crippen molar-refractivity contribution in [3.05, 3.63) is 11.6 Å². The zero-order chi connectivity index (χ0) is 19.1. The van der Waals surface area contributed by atoms with E-state index < -0.39 is 22.9 Å². The summed E-state index contributed by atoms with van der Waals surface area (Å²) in [5, 5.41) is 11.3. The molecule has 0 amide bonds. The number of carbonyl (C=O) groups is 2. The first kappa shape index (κ1) is 18.0. The van der Waals surface area contributed by atoms with Crippen molar-refractivity contribution in [1.29, 1.82) is 0 Å². The lowest BCUT2D eigenvalue weighted by atomic mass is 9.74. The summed E-state index contributed by atoms with van der Waals surface area (Å²) in [7, 11) is 0. The zero-order valence-corrected chi connectivity index (χ0v) is 16.1. The Labute approximate surface area is 153 Å². The average molecular weight is 364 g/mol. The number of hydrogen-bond donors (Lipinski definition) is 1. The summed E-state index contributed by atoms with van der Waals surface area (Å²) in [5.41, 5.74) is -2.55. The molecule has 2 aliphatic heterocycles. The number of aliphatic hydroxyl groups is 1. The lowest BCUT2D eigenvalue weighted by Crippen LogP contribution is -2.55. The van der Waals surface area contributed by atoms with Crippen LogP contribution in [0, 0.1) is 17.8 Å². The van der Waals surface area contributed by atoms with Gasteiger partial charge >= 0.3 is 11.9 Å². The van der Waals surface area contributed by atoms with Gasteiger partial charge in [-0.1, -0.05) is 13.0 Å². The van der Waals surface area contributed by atoms with Crippen LogP contribution in [0.25, 0.3) is 0 Å². The van der Waals surface area contributed by atoms with Crippen molar-refractivity contribution in [1.82, 2.24) is 0 Å². The van der Waals surface area contributed by atoms with Crippen molar-refractivity contribution < 1.29 is 28.9 Å². The van der Waals surface area contributed by atoms with Crippen LogP contribution in [-0.4, -0.2) is 46.1 Å². The van der Waals surface area contributed by atoms with Crippen molar-refractivity contribution in [2.24, 2.45) is 17.8 Å². The van der Waals surface area contributed by atoms with E-state index in [1.165, 1.54) is 0 Å². The molecule has 6 heteroatoms. The summed E-state index contributed by atoms with van der Waals surface area (Å²) in [6, 6.07) is 0. The fourth-order valence-electron chi connectivity index (χ4n) is 5.93. The smallest absolute Gasteiger partial charge is 0.338 e. The van der Waals surface area contributed by atoms with Gasteiger partial charge in [0, 0.05) is 23.8 Å². The largest absolute Gasteiger partial charge is 0.460 e. The molecule has 8 atom stereocenters. The summed E-state index contributed by atoms with van der Waals surface area (Å²) in [5.74, 6) is -0.843. The Balaban J connectivity index is 1.75. The van der Waals surface area contributed by atoms with E-state index in [-0.39, 0.29) is 35.8 Å². The highest BCUT2D eigenvalue weighted by molar-refractivity contribution is 5.87. The minimum atomic E-state index is -1.18. The normalized spacial score (nSPS) is 52.5. The van der Waals surface area contributed by atoms with Crippen molar-refractivity contribution >= 4 is 11.9 Å². The first-order valence-corrected chi connectivity index (χ1v) is 9.53. The molecular formula is C20H28O6. The number of hydrogen-bond acceptors (Lipinski definition) is 6. The minimum Gasteiger partial charge on any atom is -0.460 e.